The second-order valence-corrected chi connectivity index (χ2v) is 6.37. The van der Waals surface area contributed by atoms with Crippen LogP contribution in [0.5, 0.6) is 0 Å². The Morgan fingerprint density at radius 1 is 1.30 bits per heavy atom. The van der Waals surface area contributed by atoms with Crippen molar-refractivity contribution in [3.05, 3.63) is 51.7 Å². The van der Waals surface area contributed by atoms with E-state index in [2.05, 4.69) is 37.1 Å². The lowest BCUT2D eigenvalue weighted by molar-refractivity contribution is 0.447. The molecule has 0 saturated carbocycles. The second-order valence-electron chi connectivity index (χ2n) is 5.05. The Kier molecular flexibility index (Phi) is 3.59. The van der Waals surface area contributed by atoms with Crippen LogP contribution in [0.2, 0.25) is 0 Å². The molecule has 4 heteroatoms. The summed E-state index contributed by atoms with van der Waals surface area (Å²) < 4.78 is 5.97. The van der Waals surface area contributed by atoms with Gasteiger partial charge < -0.3 is 9.73 Å². The van der Waals surface area contributed by atoms with Gasteiger partial charge in [0, 0.05) is 23.0 Å². The van der Waals surface area contributed by atoms with E-state index in [1.54, 1.807) is 11.3 Å². The molecule has 104 valence electrons. The minimum Gasteiger partial charge on any atom is -0.459 e. The lowest BCUT2D eigenvalue weighted by atomic mass is 10.1. The number of rotatable bonds is 4. The van der Waals surface area contributed by atoms with E-state index in [4.69, 9.17) is 4.42 Å². The van der Waals surface area contributed by atoms with Gasteiger partial charge in [-0.2, -0.15) is 0 Å². The highest BCUT2D eigenvalue weighted by molar-refractivity contribution is 7.11. The molecule has 0 amide bonds. The summed E-state index contributed by atoms with van der Waals surface area (Å²) in [6.45, 7) is 7.10. The predicted octanol–water partition coefficient (Wildman–Crippen LogP) is 4.36. The number of hydrogen-bond acceptors (Lipinski definition) is 4. The maximum atomic E-state index is 5.97. The molecule has 1 unspecified atom stereocenters. The number of furan rings is 1. The van der Waals surface area contributed by atoms with Crippen molar-refractivity contribution in [1.29, 1.82) is 0 Å². The smallest absolute Gasteiger partial charge is 0.134 e. The van der Waals surface area contributed by atoms with Crippen LogP contribution in [0.1, 0.15) is 34.2 Å². The Labute approximate surface area is 122 Å². The lowest BCUT2D eigenvalue weighted by Crippen LogP contribution is -2.18. The van der Waals surface area contributed by atoms with Crippen LogP contribution in [0, 0.1) is 13.8 Å². The van der Waals surface area contributed by atoms with Gasteiger partial charge in [0.2, 0.25) is 0 Å². The van der Waals surface area contributed by atoms with Gasteiger partial charge >= 0.3 is 0 Å². The summed E-state index contributed by atoms with van der Waals surface area (Å²) in [5.74, 6) is 1.01. The van der Waals surface area contributed by atoms with Crippen molar-refractivity contribution >= 4 is 22.3 Å². The molecule has 0 aliphatic heterocycles. The van der Waals surface area contributed by atoms with Crippen LogP contribution >= 0.6 is 11.3 Å². The van der Waals surface area contributed by atoms with E-state index in [0.29, 0.717) is 0 Å². The fourth-order valence-electron chi connectivity index (χ4n) is 2.42. The molecule has 3 rings (SSSR count). The van der Waals surface area contributed by atoms with Crippen molar-refractivity contribution in [2.45, 2.75) is 33.4 Å². The Hall–Kier alpha value is -1.65. The average molecular weight is 286 g/mol. The largest absolute Gasteiger partial charge is 0.459 e. The van der Waals surface area contributed by atoms with Crippen molar-refractivity contribution in [3.8, 4) is 0 Å². The SMILES string of the molecule is Cc1cnc(CNC(C)c2oc3ccccc3c2C)s1. The monoisotopic (exact) mass is 286 g/mol. The van der Waals surface area contributed by atoms with E-state index >= 15 is 0 Å². The van der Waals surface area contributed by atoms with Crippen molar-refractivity contribution in [1.82, 2.24) is 10.3 Å². The van der Waals surface area contributed by atoms with Gasteiger partial charge in [-0.3, -0.25) is 0 Å². The fraction of sp³-hybridized carbons (Fsp3) is 0.312. The van der Waals surface area contributed by atoms with Gasteiger partial charge in [0.05, 0.1) is 6.04 Å². The van der Waals surface area contributed by atoms with E-state index in [9.17, 15) is 0 Å². The standard InChI is InChI=1S/C16H18N2OS/c1-10-8-18-15(20-10)9-17-12(3)16-11(2)13-6-4-5-7-14(13)19-16/h4-8,12,17H,9H2,1-3H3. The summed E-state index contributed by atoms with van der Waals surface area (Å²) >= 11 is 1.73. The molecule has 0 spiro atoms. The molecule has 0 fully saturated rings. The maximum Gasteiger partial charge on any atom is 0.134 e. The van der Waals surface area contributed by atoms with E-state index in [0.717, 1.165) is 22.9 Å². The van der Waals surface area contributed by atoms with Crippen LogP contribution in [0.3, 0.4) is 0 Å². The minimum atomic E-state index is 0.173. The quantitative estimate of drug-likeness (QED) is 0.774. The van der Waals surface area contributed by atoms with Crippen molar-refractivity contribution in [2.75, 3.05) is 0 Å². The van der Waals surface area contributed by atoms with E-state index in [1.807, 2.05) is 24.4 Å². The third-order valence-electron chi connectivity index (χ3n) is 3.50. The maximum absolute atomic E-state index is 5.97. The van der Waals surface area contributed by atoms with E-state index in [-0.39, 0.29) is 6.04 Å². The first kappa shape index (κ1) is 13.3. The fourth-order valence-corrected chi connectivity index (χ4v) is 3.16. The number of aromatic nitrogens is 1. The number of nitrogens with zero attached hydrogens (tertiary/aromatic N) is 1. The van der Waals surface area contributed by atoms with Crippen molar-refractivity contribution < 1.29 is 4.42 Å². The van der Waals surface area contributed by atoms with Gasteiger partial charge in [-0.05, 0) is 32.4 Å². The molecule has 2 aromatic heterocycles. The number of thiazole rings is 1. The number of benzene rings is 1. The van der Waals surface area contributed by atoms with E-state index < -0.39 is 0 Å². The first-order chi connectivity index (χ1) is 9.65. The average Bonchev–Trinajstić information content (AvgIpc) is 3.01. The Bertz CT molecular complexity index is 729. The van der Waals surface area contributed by atoms with Gasteiger partial charge in [0.1, 0.15) is 16.4 Å². The molecule has 3 nitrogen and oxygen atoms in total. The highest BCUT2D eigenvalue weighted by Gasteiger charge is 2.16. The molecular formula is C16H18N2OS. The summed E-state index contributed by atoms with van der Waals surface area (Å²) in [5, 5.41) is 5.79. The van der Waals surface area contributed by atoms with Gasteiger partial charge in [-0.15, -0.1) is 11.3 Å². The molecule has 3 aromatic rings. The number of fused-ring (bicyclic) bond motifs is 1. The van der Waals surface area contributed by atoms with Crippen molar-refractivity contribution in [3.63, 3.8) is 0 Å². The number of para-hydroxylation sites is 1. The summed E-state index contributed by atoms with van der Waals surface area (Å²) in [5.41, 5.74) is 2.18. The van der Waals surface area contributed by atoms with Crippen LogP contribution in [-0.4, -0.2) is 4.98 Å². The molecule has 0 radical (unpaired) electrons. The Morgan fingerprint density at radius 3 is 2.80 bits per heavy atom. The molecule has 0 saturated heterocycles. The van der Waals surface area contributed by atoms with Gasteiger partial charge in [0.15, 0.2) is 0 Å². The molecule has 2 heterocycles. The molecular weight excluding hydrogens is 268 g/mol. The predicted molar refractivity (Wildman–Crippen MR) is 83.1 cm³/mol. The summed E-state index contributed by atoms with van der Waals surface area (Å²) in [6.07, 6.45) is 1.92. The van der Waals surface area contributed by atoms with Crippen LogP contribution in [0.15, 0.2) is 34.9 Å². The molecule has 0 bridgehead atoms. The second kappa shape index (κ2) is 5.38. The molecule has 1 aromatic carbocycles. The molecule has 1 N–H and O–H groups in total. The van der Waals surface area contributed by atoms with Crippen LogP contribution in [0.4, 0.5) is 0 Å². The van der Waals surface area contributed by atoms with Gasteiger partial charge in [-0.25, -0.2) is 4.98 Å². The van der Waals surface area contributed by atoms with Crippen LogP contribution in [-0.2, 0) is 6.54 Å². The molecule has 20 heavy (non-hydrogen) atoms. The number of hydrogen-bond donors (Lipinski definition) is 1. The third-order valence-corrected chi connectivity index (χ3v) is 4.42. The topological polar surface area (TPSA) is 38.1 Å². The zero-order chi connectivity index (χ0) is 14.1. The van der Waals surface area contributed by atoms with Gasteiger partial charge in [-0.1, -0.05) is 18.2 Å². The highest BCUT2D eigenvalue weighted by Crippen LogP contribution is 2.29. The molecule has 0 aliphatic rings. The number of aryl methyl sites for hydroxylation is 2. The first-order valence-electron chi connectivity index (χ1n) is 6.78. The highest BCUT2D eigenvalue weighted by atomic mass is 32.1. The van der Waals surface area contributed by atoms with Crippen LogP contribution in [0.25, 0.3) is 11.0 Å². The zero-order valence-corrected chi connectivity index (χ0v) is 12.8. The zero-order valence-electron chi connectivity index (χ0n) is 11.9. The summed E-state index contributed by atoms with van der Waals surface area (Å²) in [7, 11) is 0. The normalized spacial score (nSPS) is 12.9. The lowest BCUT2D eigenvalue weighted by Gasteiger charge is -2.11. The van der Waals surface area contributed by atoms with E-state index in [1.165, 1.54) is 15.8 Å². The third kappa shape index (κ3) is 2.49. The summed E-state index contributed by atoms with van der Waals surface area (Å²) in [6, 6.07) is 8.35. The molecule has 0 aliphatic carbocycles. The first-order valence-corrected chi connectivity index (χ1v) is 7.59. The van der Waals surface area contributed by atoms with Gasteiger partial charge in [0.25, 0.3) is 0 Å². The minimum absolute atomic E-state index is 0.173. The Balaban J connectivity index is 1.78. The Morgan fingerprint density at radius 2 is 2.10 bits per heavy atom. The van der Waals surface area contributed by atoms with Crippen molar-refractivity contribution in [2.24, 2.45) is 0 Å². The number of nitrogens with one attached hydrogen (secondary N) is 1. The van der Waals surface area contributed by atoms with Crippen LogP contribution < -0.4 is 5.32 Å². The molecule has 1 atom stereocenters. The summed E-state index contributed by atoms with van der Waals surface area (Å²) in [4.78, 5) is 5.62.